The fourth-order valence-corrected chi connectivity index (χ4v) is 4.68. The van der Waals surface area contributed by atoms with Gasteiger partial charge in [0.25, 0.3) is 0 Å². The summed E-state index contributed by atoms with van der Waals surface area (Å²) in [7, 11) is 0. The van der Waals surface area contributed by atoms with Crippen LogP contribution in [0.1, 0.15) is 41.0 Å². The van der Waals surface area contributed by atoms with E-state index in [4.69, 9.17) is 5.41 Å². The quantitative estimate of drug-likeness (QED) is 0.278. The van der Waals surface area contributed by atoms with Gasteiger partial charge in [0.2, 0.25) is 0 Å². The molecule has 0 unspecified atom stereocenters. The van der Waals surface area contributed by atoms with E-state index in [-0.39, 0.29) is 17.7 Å². The summed E-state index contributed by atoms with van der Waals surface area (Å²) in [6.45, 7) is 2.90. The molecule has 0 aliphatic carbocycles. The molecule has 0 bridgehead atoms. The van der Waals surface area contributed by atoms with Crippen molar-refractivity contribution in [3.8, 4) is 0 Å². The maximum absolute atomic E-state index is 13.2. The summed E-state index contributed by atoms with van der Waals surface area (Å²) in [6.07, 6.45) is -5.91. The monoisotopic (exact) mass is 470 g/mol. The van der Waals surface area contributed by atoms with E-state index in [0.29, 0.717) is 30.9 Å². The number of rotatable bonds is 6. The molecule has 1 atom stereocenters. The molecule has 2 aromatic rings. The number of benzene rings is 2. The summed E-state index contributed by atoms with van der Waals surface area (Å²) < 4.78 is 79.5. The maximum Gasteiger partial charge on any atom is 0.416 e. The van der Waals surface area contributed by atoms with Gasteiger partial charge in [-0.05, 0) is 60.7 Å². The Bertz CT molecular complexity index is 999. The summed E-state index contributed by atoms with van der Waals surface area (Å²) in [4.78, 5) is 2.30. The lowest BCUT2D eigenvalue weighted by Crippen LogP contribution is -2.38. The zero-order chi connectivity index (χ0) is 23.8. The highest BCUT2D eigenvalue weighted by Crippen LogP contribution is 2.43. The van der Waals surface area contributed by atoms with Crippen molar-refractivity contribution in [1.82, 2.24) is 5.32 Å². The lowest BCUT2D eigenvalue weighted by molar-refractivity contribution is -0.143. The van der Waals surface area contributed by atoms with Gasteiger partial charge in [-0.1, -0.05) is 0 Å². The van der Waals surface area contributed by atoms with E-state index in [1.807, 2.05) is 12.1 Å². The van der Waals surface area contributed by atoms with E-state index < -0.39 is 23.5 Å². The fraction of sp³-hybridized carbons (Fsp3) is 0.435. The summed E-state index contributed by atoms with van der Waals surface area (Å²) in [5.41, 5.74) is 0.712. The topological polar surface area (TPSA) is 51.2 Å². The second-order valence-electron chi connectivity index (χ2n) is 8.43. The number of nitrogens with zero attached hydrogens (tertiary/aromatic N) is 1. The molecule has 0 radical (unpaired) electrons. The van der Waals surface area contributed by atoms with E-state index in [0.717, 1.165) is 49.2 Å². The number of nitrogens with one attached hydrogen (secondary N) is 3. The Hall–Kier alpha value is -2.75. The molecule has 2 aliphatic heterocycles. The van der Waals surface area contributed by atoms with Gasteiger partial charge in [-0.25, -0.2) is 0 Å². The third kappa shape index (κ3) is 5.10. The number of hydrogen-bond acceptors (Lipinski definition) is 4. The maximum atomic E-state index is 13.2. The SMILES string of the molecule is N=CCNC[C@@H]1CCN2CCCc3cc(Nc4cc(C(F)(F)F)cc(C(F)(F)F)c4)cc1c32. The van der Waals surface area contributed by atoms with Gasteiger partial charge in [-0.3, -0.25) is 0 Å². The number of hydrogen-bond donors (Lipinski definition) is 3. The molecule has 0 fully saturated rings. The molecule has 0 aromatic heterocycles. The minimum atomic E-state index is -4.90. The molecule has 4 nitrogen and oxygen atoms in total. The molecule has 0 saturated carbocycles. The predicted molar refractivity (Wildman–Crippen MR) is 116 cm³/mol. The van der Waals surface area contributed by atoms with Gasteiger partial charge in [0.1, 0.15) is 0 Å². The van der Waals surface area contributed by atoms with Gasteiger partial charge in [0, 0.05) is 55.4 Å². The van der Waals surface area contributed by atoms with Gasteiger partial charge in [-0.15, -0.1) is 0 Å². The molecule has 2 aliphatic rings. The Balaban J connectivity index is 1.72. The molecule has 0 amide bonds. The van der Waals surface area contributed by atoms with Crippen LogP contribution in [0.4, 0.5) is 43.4 Å². The molecular formula is C23H24F6N4. The first-order valence-electron chi connectivity index (χ1n) is 10.7. The van der Waals surface area contributed by atoms with Crippen molar-refractivity contribution in [2.75, 3.05) is 36.4 Å². The number of alkyl halides is 6. The van der Waals surface area contributed by atoms with Crippen molar-refractivity contribution in [1.29, 1.82) is 5.41 Å². The Morgan fingerprint density at radius 1 is 0.939 bits per heavy atom. The smallest absolute Gasteiger partial charge is 0.371 e. The van der Waals surface area contributed by atoms with Gasteiger partial charge >= 0.3 is 12.4 Å². The normalized spacial score (nSPS) is 18.1. The highest BCUT2D eigenvalue weighted by atomic mass is 19.4. The van der Waals surface area contributed by atoms with Gasteiger partial charge in [0.15, 0.2) is 0 Å². The van der Waals surface area contributed by atoms with Crippen molar-refractivity contribution in [3.05, 3.63) is 52.6 Å². The molecule has 33 heavy (non-hydrogen) atoms. The fourth-order valence-electron chi connectivity index (χ4n) is 4.68. The first-order chi connectivity index (χ1) is 15.6. The molecule has 2 heterocycles. The van der Waals surface area contributed by atoms with Crippen molar-refractivity contribution in [2.24, 2.45) is 0 Å². The third-order valence-electron chi connectivity index (χ3n) is 6.11. The van der Waals surface area contributed by atoms with Crippen LogP contribution in [0.3, 0.4) is 0 Å². The lowest BCUT2D eigenvalue weighted by atomic mass is 9.84. The van der Waals surface area contributed by atoms with E-state index in [1.165, 1.54) is 6.21 Å². The lowest BCUT2D eigenvalue weighted by Gasteiger charge is -2.40. The average Bonchev–Trinajstić information content (AvgIpc) is 2.74. The van der Waals surface area contributed by atoms with Crippen LogP contribution >= 0.6 is 0 Å². The number of anilines is 3. The summed E-state index contributed by atoms with van der Waals surface area (Å²) in [5.74, 6) is 0.141. The van der Waals surface area contributed by atoms with Crippen LogP contribution in [0.5, 0.6) is 0 Å². The van der Waals surface area contributed by atoms with E-state index in [1.54, 1.807) is 0 Å². The minimum absolute atomic E-state index is 0.130. The van der Waals surface area contributed by atoms with Gasteiger partial charge in [-0.2, -0.15) is 26.3 Å². The van der Waals surface area contributed by atoms with Crippen molar-refractivity contribution < 1.29 is 26.3 Å². The highest BCUT2D eigenvalue weighted by molar-refractivity contribution is 5.73. The van der Waals surface area contributed by atoms with Crippen LogP contribution < -0.4 is 15.5 Å². The first kappa shape index (κ1) is 23.4. The molecule has 2 aromatic carbocycles. The van der Waals surface area contributed by atoms with Crippen LogP contribution in [-0.2, 0) is 18.8 Å². The predicted octanol–water partition coefficient (Wildman–Crippen LogP) is 5.95. The van der Waals surface area contributed by atoms with Crippen LogP contribution in [-0.4, -0.2) is 32.4 Å². The van der Waals surface area contributed by atoms with Crippen molar-refractivity contribution in [2.45, 2.75) is 37.5 Å². The summed E-state index contributed by atoms with van der Waals surface area (Å²) in [5, 5.41) is 13.2. The molecule has 0 spiro atoms. The second kappa shape index (κ2) is 8.89. The largest absolute Gasteiger partial charge is 0.416 e. The second-order valence-corrected chi connectivity index (χ2v) is 8.43. The Labute approximate surface area is 187 Å². The molecule has 10 heteroatoms. The Morgan fingerprint density at radius 3 is 2.24 bits per heavy atom. The minimum Gasteiger partial charge on any atom is -0.371 e. The van der Waals surface area contributed by atoms with E-state index in [2.05, 4.69) is 15.5 Å². The zero-order valence-corrected chi connectivity index (χ0v) is 17.7. The van der Waals surface area contributed by atoms with Crippen LogP contribution in [0.2, 0.25) is 0 Å². The van der Waals surface area contributed by atoms with Crippen LogP contribution in [0.25, 0.3) is 0 Å². The molecule has 0 saturated heterocycles. The average molecular weight is 470 g/mol. The number of halogens is 6. The molecular weight excluding hydrogens is 446 g/mol. The first-order valence-corrected chi connectivity index (χ1v) is 10.7. The van der Waals surface area contributed by atoms with Gasteiger partial charge in [0.05, 0.1) is 11.1 Å². The molecule has 178 valence electrons. The van der Waals surface area contributed by atoms with E-state index >= 15 is 0 Å². The standard InChI is InChI=1S/C23H24F6N4/c24-22(25,26)16-9-17(23(27,28)29)11-19(10-16)32-18-8-14-2-1-6-33-7-3-15(13-31-5-4-30)20(12-18)21(14)33/h4,8-12,15,30-32H,1-3,5-7,13H2/t15-/m0/s1. The van der Waals surface area contributed by atoms with E-state index in [9.17, 15) is 26.3 Å². The highest BCUT2D eigenvalue weighted by Gasteiger charge is 2.37. The van der Waals surface area contributed by atoms with Gasteiger partial charge < -0.3 is 20.9 Å². The Kier molecular flexibility index (Phi) is 6.30. The Morgan fingerprint density at radius 2 is 1.61 bits per heavy atom. The van der Waals surface area contributed by atoms with Crippen LogP contribution in [0, 0.1) is 5.41 Å². The number of aryl methyl sites for hydroxylation is 1. The summed E-state index contributed by atoms with van der Waals surface area (Å²) in [6, 6.07) is 5.20. The summed E-state index contributed by atoms with van der Waals surface area (Å²) >= 11 is 0. The van der Waals surface area contributed by atoms with Crippen LogP contribution in [0.15, 0.2) is 30.3 Å². The third-order valence-corrected chi connectivity index (χ3v) is 6.11. The molecule has 4 rings (SSSR count). The van der Waals surface area contributed by atoms with Crippen molar-refractivity contribution >= 4 is 23.3 Å². The zero-order valence-electron chi connectivity index (χ0n) is 17.7. The van der Waals surface area contributed by atoms with Crippen molar-refractivity contribution in [3.63, 3.8) is 0 Å². The molecule has 3 N–H and O–H groups in total.